The van der Waals surface area contributed by atoms with Crippen LogP contribution in [-0.2, 0) is 20.9 Å². The molecule has 0 aliphatic heterocycles. The number of nitrogens with one attached hydrogen (secondary N) is 1. The molecule has 156 valence electrons. The third-order valence-electron chi connectivity index (χ3n) is 5.26. The molecule has 29 heavy (non-hydrogen) atoms. The summed E-state index contributed by atoms with van der Waals surface area (Å²) in [5.41, 5.74) is 1.99. The van der Waals surface area contributed by atoms with E-state index in [-0.39, 0.29) is 18.0 Å². The minimum Gasteiger partial charge on any atom is -0.451 e. The molecule has 1 atom stereocenters. The van der Waals surface area contributed by atoms with Crippen molar-refractivity contribution < 1.29 is 14.3 Å². The number of hydrogen-bond acceptors (Lipinski definition) is 6. The Kier molecular flexibility index (Phi) is 6.84. The highest BCUT2D eigenvalue weighted by molar-refractivity contribution is 7.18. The van der Waals surface area contributed by atoms with Crippen LogP contribution < -0.4 is 10.9 Å². The summed E-state index contributed by atoms with van der Waals surface area (Å²) >= 11 is 1.46. The van der Waals surface area contributed by atoms with E-state index in [4.69, 9.17) is 4.74 Å². The van der Waals surface area contributed by atoms with Crippen LogP contribution in [0.1, 0.15) is 49.5 Å². The Morgan fingerprint density at radius 3 is 2.86 bits per heavy atom. The summed E-state index contributed by atoms with van der Waals surface area (Å²) in [6, 6.07) is 0. The third-order valence-corrected chi connectivity index (χ3v) is 6.38. The number of thiophene rings is 1. The van der Waals surface area contributed by atoms with Crippen LogP contribution in [-0.4, -0.2) is 34.1 Å². The quantitative estimate of drug-likeness (QED) is 0.552. The standard InChI is InChI=1S/C21H27N3O4S/c1-13-15(3)29-20-18(13)21(27)24(12-23-20)11-17(25)28-14(2)19(26)22-10-9-16-7-5-4-6-8-16/h7,12,14H,4-6,8-11H2,1-3H3,(H,22,26)/t14-/m1/s1. The van der Waals surface area contributed by atoms with Gasteiger partial charge in [-0.05, 0) is 58.4 Å². The molecule has 0 fully saturated rings. The molecule has 2 aromatic rings. The Labute approximate surface area is 173 Å². The molecule has 0 radical (unpaired) electrons. The monoisotopic (exact) mass is 417 g/mol. The van der Waals surface area contributed by atoms with E-state index in [1.807, 2.05) is 13.8 Å². The van der Waals surface area contributed by atoms with Crippen LogP contribution in [0.4, 0.5) is 0 Å². The van der Waals surface area contributed by atoms with E-state index in [9.17, 15) is 14.4 Å². The normalized spacial score (nSPS) is 15.1. The van der Waals surface area contributed by atoms with E-state index in [0.29, 0.717) is 16.8 Å². The molecule has 8 heteroatoms. The molecule has 0 saturated heterocycles. The van der Waals surface area contributed by atoms with Gasteiger partial charge in [0.05, 0.1) is 11.7 Å². The molecule has 2 heterocycles. The van der Waals surface area contributed by atoms with Gasteiger partial charge in [0.2, 0.25) is 0 Å². The predicted molar refractivity (Wildman–Crippen MR) is 113 cm³/mol. The number of carbonyl (C=O) groups excluding carboxylic acids is 2. The number of aromatic nitrogens is 2. The van der Waals surface area contributed by atoms with Crippen LogP contribution in [0.25, 0.3) is 10.2 Å². The van der Waals surface area contributed by atoms with Gasteiger partial charge in [0.15, 0.2) is 6.10 Å². The second-order valence-corrected chi connectivity index (χ2v) is 8.63. The lowest BCUT2D eigenvalue weighted by Gasteiger charge is -2.16. The predicted octanol–water partition coefficient (Wildman–Crippen LogP) is 3.01. The largest absolute Gasteiger partial charge is 0.451 e. The zero-order valence-corrected chi connectivity index (χ0v) is 17.9. The van der Waals surface area contributed by atoms with Gasteiger partial charge >= 0.3 is 5.97 Å². The number of esters is 1. The molecule has 7 nitrogen and oxygen atoms in total. The highest BCUT2D eigenvalue weighted by atomic mass is 32.1. The zero-order valence-electron chi connectivity index (χ0n) is 17.1. The van der Waals surface area contributed by atoms with Crippen molar-refractivity contribution in [3.8, 4) is 0 Å². The molecule has 0 aromatic carbocycles. The zero-order chi connectivity index (χ0) is 21.0. The molecule has 0 unspecified atom stereocenters. The number of rotatable bonds is 7. The molecule has 0 bridgehead atoms. The van der Waals surface area contributed by atoms with Gasteiger partial charge in [-0.3, -0.25) is 19.0 Å². The van der Waals surface area contributed by atoms with Crippen LogP contribution >= 0.6 is 11.3 Å². The summed E-state index contributed by atoms with van der Waals surface area (Å²) in [7, 11) is 0. The first kappa shape index (κ1) is 21.2. The van der Waals surface area contributed by atoms with E-state index in [0.717, 1.165) is 29.7 Å². The van der Waals surface area contributed by atoms with E-state index in [1.165, 1.54) is 47.6 Å². The Morgan fingerprint density at radius 1 is 1.34 bits per heavy atom. The summed E-state index contributed by atoms with van der Waals surface area (Å²) in [6.45, 7) is 5.59. The lowest BCUT2D eigenvalue weighted by Crippen LogP contribution is -2.37. The Bertz CT molecular complexity index is 1010. The molecule has 0 saturated carbocycles. The molecular weight excluding hydrogens is 390 g/mol. The van der Waals surface area contributed by atoms with Gasteiger partial charge < -0.3 is 10.1 Å². The van der Waals surface area contributed by atoms with Crippen LogP contribution in [0, 0.1) is 13.8 Å². The molecular formula is C21H27N3O4S. The maximum atomic E-state index is 12.6. The molecule has 3 rings (SSSR count). The Hall–Kier alpha value is -2.48. The minimum atomic E-state index is -0.916. The second-order valence-electron chi connectivity index (χ2n) is 7.42. The van der Waals surface area contributed by atoms with Crippen LogP contribution in [0.15, 0.2) is 22.8 Å². The van der Waals surface area contributed by atoms with Crippen LogP contribution in [0.5, 0.6) is 0 Å². The van der Waals surface area contributed by atoms with E-state index < -0.39 is 12.1 Å². The minimum absolute atomic E-state index is 0.272. The summed E-state index contributed by atoms with van der Waals surface area (Å²) in [4.78, 5) is 43.0. The van der Waals surface area contributed by atoms with Crippen molar-refractivity contribution in [3.05, 3.63) is 38.8 Å². The highest BCUT2D eigenvalue weighted by Gasteiger charge is 2.19. The van der Waals surface area contributed by atoms with Gasteiger partial charge in [-0.15, -0.1) is 11.3 Å². The molecule has 2 aromatic heterocycles. The number of fused-ring (bicyclic) bond motifs is 1. The maximum Gasteiger partial charge on any atom is 0.326 e. The fourth-order valence-corrected chi connectivity index (χ4v) is 4.42. The molecule has 1 amide bonds. The van der Waals surface area contributed by atoms with Crippen LogP contribution in [0.2, 0.25) is 0 Å². The van der Waals surface area contributed by atoms with Crippen molar-refractivity contribution >= 4 is 33.4 Å². The summed E-state index contributed by atoms with van der Waals surface area (Å²) in [5.74, 6) is -0.976. The molecule has 1 aliphatic rings. The number of amides is 1. The average Bonchev–Trinajstić information content (AvgIpc) is 2.99. The third kappa shape index (κ3) is 5.12. The fourth-order valence-electron chi connectivity index (χ4n) is 3.43. The van der Waals surface area contributed by atoms with Crippen molar-refractivity contribution in [2.24, 2.45) is 0 Å². The van der Waals surface area contributed by atoms with Crippen molar-refractivity contribution in [2.75, 3.05) is 6.54 Å². The number of hydrogen-bond donors (Lipinski definition) is 1. The molecule has 1 aliphatic carbocycles. The van der Waals surface area contributed by atoms with Gasteiger partial charge in [0, 0.05) is 11.4 Å². The van der Waals surface area contributed by atoms with E-state index >= 15 is 0 Å². The number of allylic oxidation sites excluding steroid dienone is 1. The van der Waals surface area contributed by atoms with Gasteiger partial charge in [0.25, 0.3) is 11.5 Å². The summed E-state index contributed by atoms with van der Waals surface area (Å²) < 4.78 is 6.44. The smallest absolute Gasteiger partial charge is 0.326 e. The van der Waals surface area contributed by atoms with Crippen molar-refractivity contribution in [3.63, 3.8) is 0 Å². The van der Waals surface area contributed by atoms with Gasteiger partial charge in [-0.2, -0.15) is 0 Å². The first-order valence-corrected chi connectivity index (χ1v) is 10.8. The highest BCUT2D eigenvalue weighted by Crippen LogP contribution is 2.25. The number of carbonyl (C=O) groups is 2. The first-order chi connectivity index (χ1) is 13.9. The second kappa shape index (κ2) is 9.35. The topological polar surface area (TPSA) is 90.3 Å². The lowest BCUT2D eigenvalue weighted by molar-refractivity contribution is -0.155. The first-order valence-electron chi connectivity index (χ1n) is 9.97. The van der Waals surface area contributed by atoms with E-state index in [2.05, 4.69) is 16.4 Å². The Balaban J connectivity index is 1.53. The fraction of sp³-hybridized carbons (Fsp3) is 0.524. The maximum absolute atomic E-state index is 12.6. The Morgan fingerprint density at radius 2 is 2.14 bits per heavy atom. The summed E-state index contributed by atoms with van der Waals surface area (Å²) in [6.07, 6.45) is 8.16. The number of nitrogens with zero attached hydrogens (tertiary/aromatic N) is 2. The van der Waals surface area contributed by atoms with Gasteiger partial charge in [-0.1, -0.05) is 11.6 Å². The van der Waals surface area contributed by atoms with Crippen molar-refractivity contribution in [1.29, 1.82) is 0 Å². The van der Waals surface area contributed by atoms with E-state index in [1.54, 1.807) is 0 Å². The molecule has 0 spiro atoms. The van der Waals surface area contributed by atoms with Crippen molar-refractivity contribution in [2.45, 2.75) is 65.5 Å². The molecule has 1 N–H and O–H groups in total. The van der Waals surface area contributed by atoms with Crippen LogP contribution in [0.3, 0.4) is 0 Å². The van der Waals surface area contributed by atoms with Gasteiger partial charge in [-0.25, -0.2) is 4.98 Å². The average molecular weight is 418 g/mol. The van der Waals surface area contributed by atoms with Gasteiger partial charge in [0.1, 0.15) is 11.4 Å². The van der Waals surface area contributed by atoms with Crippen molar-refractivity contribution in [1.82, 2.24) is 14.9 Å². The summed E-state index contributed by atoms with van der Waals surface area (Å²) in [5, 5.41) is 3.34. The SMILES string of the molecule is Cc1sc2ncn(CC(=O)O[C@H](C)C(=O)NCCC3=CCCCC3)c(=O)c2c1C. The number of ether oxygens (including phenoxy) is 1. The lowest BCUT2D eigenvalue weighted by atomic mass is 9.97. The number of aryl methyl sites for hydroxylation is 2.